The van der Waals surface area contributed by atoms with Crippen LogP contribution in [0.15, 0.2) is 18.3 Å². The van der Waals surface area contributed by atoms with Gasteiger partial charge >= 0.3 is 0 Å². The number of halogens is 1. The summed E-state index contributed by atoms with van der Waals surface area (Å²) in [5, 5.41) is 15.5. The molecule has 1 heterocycles. The molecule has 0 amide bonds. The Labute approximate surface area is 84.0 Å². The van der Waals surface area contributed by atoms with E-state index in [2.05, 4.69) is 5.10 Å². The summed E-state index contributed by atoms with van der Waals surface area (Å²) in [7, 11) is 1.75. The van der Waals surface area contributed by atoms with Gasteiger partial charge in [-0.25, -0.2) is 0 Å². The minimum Gasteiger partial charge on any atom is -0.275 e. The number of nitro groups is 1. The highest BCUT2D eigenvalue weighted by atomic mass is 35.5. The van der Waals surface area contributed by atoms with Crippen LogP contribution in [0.4, 0.5) is 5.69 Å². The third-order valence-corrected chi connectivity index (χ3v) is 2.19. The molecular formula is C8H6ClN3O2. The first-order valence-electron chi connectivity index (χ1n) is 3.85. The van der Waals surface area contributed by atoms with E-state index in [9.17, 15) is 10.1 Å². The van der Waals surface area contributed by atoms with Crippen LogP contribution in [0.1, 0.15) is 0 Å². The number of aryl methyl sites for hydroxylation is 1. The first-order chi connectivity index (χ1) is 6.58. The molecule has 0 unspecified atom stereocenters. The summed E-state index contributed by atoms with van der Waals surface area (Å²) >= 11 is 5.72. The Morgan fingerprint density at radius 3 is 2.93 bits per heavy atom. The highest BCUT2D eigenvalue weighted by Crippen LogP contribution is 2.28. The molecule has 0 bridgehead atoms. The molecular weight excluding hydrogens is 206 g/mol. The molecule has 72 valence electrons. The molecule has 2 aromatic rings. The number of rotatable bonds is 1. The van der Waals surface area contributed by atoms with Crippen LogP contribution in [-0.4, -0.2) is 14.7 Å². The minimum absolute atomic E-state index is 0.0906. The van der Waals surface area contributed by atoms with E-state index in [-0.39, 0.29) is 10.7 Å². The van der Waals surface area contributed by atoms with E-state index in [0.29, 0.717) is 10.9 Å². The Morgan fingerprint density at radius 2 is 2.29 bits per heavy atom. The third kappa shape index (κ3) is 1.31. The standard InChI is InChI=1S/C8H6ClN3O2/c1-11-4-5-2-8(12(13)14)6(9)3-7(5)10-11/h2-4H,1H3. The number of aromatic nitrogens is 2. The SMILES string of the molecule is Cn1cc2cc([N+](=O)[O-])c(Cl)cc2n1. The van der Waals surface area contributed by atoms with Crippen LogP contribution in [0.25, 0.3) is 10.9 Å². The van der Waals surface area contributed by atoms with Gasteiger partial charge in [0.05, 0.1) is 10.4 Å². The molecule has 1 aromatic carbocycles. The number of nitro benzene ring substituents is 1. The van der Waals surface area contributed by atoms with E-state index < -0.39 is 4.92 Å². The number of benzene rings is 1. The average Bonchev–Trinajstić information content (AvgIpc) is 2.42. The highest BCUT2D eigenvalue weighted by molar-refractivity contribution is 6.33. The fourth-order valence-corrected chi connectivity index (χ4v) is 1.52. The van der Waals surface area contributed by atoms with Crippen LogP contribution in [-0.2, 0) is 7.05 Å². The fourth-order valence-electron chi connectivity index (χ4n) is 1.30. The molecule has 0 spiro atoms. The largest absolute Gasteiger partial charge is 0.288 e. The minimum atomic E-state index is -0.505. The summed E-state index contributed by atoms with van der Waals surface area (Å²) in [5.74, 6) is 0. The lowest BCUT2D eigenvalue weighted by Crippen LogP contribution is -1.88. The van der Waals surface area contributed by atoms with E-state index in [1.54, 1.807) is 17.9 Å². The van der Waals surface area contributed by atoms with Crippen LogP contribution in [0.5, 0.6) is 0 Å². The van der Waals surface area contributed by atoms with Gasteiger partial charge in [0, 0.05) is 24.7 Å². The van der Waals surface area contributed by atoms with Gasteiger partial charge in [-0.05, 0) is 6.07 Å². The Morgan fingerprint density at radius 1 is 1.57 bits per heavy atom. The summed E-state index contributed by atoms with van der Waals surface area (Å²) in [6, 6.07) is 2.92. The molecule has 0 radical (unpaired) electrons. The molecule has 1 aromatic heterocycles. The highest BCUT2D eigenvalue weighted by Gasteiger charge is 2.14. The van der Waals surface area contributed by atoms with E-state index in [4.69, 9.17) is 11.6 Å². The van der Waals surface area contributed by atoms with Crippen molar-refractivity contribution >= 4 is 28.2 Å². The van der Waals surface area contributed by atoms with Gasteiger partial charge in [-0.3, -0.25) is 14.8 Å². The molecule has 6 heteroatoms. The summed E-state index contributed by atoms with van der Waals surface area (Å²) in [6.07, 6.45) is 1.71. The van der Waals surface area contributed by atoms with Crippen LogP contribution in [0, 0.1) is 10.1 Å². The van der Waals surface area contributed by atoms with Crippen molar-refractivity contribution in [2.75, 3.05) is 0 Å². The fraction of sp³-hybridized carbons (Fsp3) is 0.125. The van der Waals surface area contributed by atoms with Crippen molar-refractivity contribution in [2.45, 2.75) is 0 Å². The number of nitrogens with zero attached hydrogens (tertiary/aromatic N) is 3. The second kappa shape index (κ2) is 2.95. The maximum Gasteiger partial charge on any atom is 0.288 e. The quantitative estimate of drug-likeness (QED) is 0.536. The first kappa shape index (κ1) is 8.96. The molecule has 0 fully saturated rings. The number of fused-ring (bicyclic) bond motifs is 1. The maximum atomic E-state index is 10.6. The molecule has 0 saturated heterocycles. The predicted molar refractivity (Wildman–Crippen MR) is 52.4 cm³/mol. The van der Waals surface area contributed by atoms with Crippen molar-refractivity contribution in [2.24, 2.45) is 7.05 Å². The number of hydrogen-bond donors (Lipinski definition) is 0. The zero-order valence-corrected chi connectivity index (χ0v) is 8.02. The lowest BCUT2D eigenvalue weighted by atomic mass is 10.2. The molecule has 0 saturated carbocycles. The van der Waals surface area contributed by atoms with E-state index >= 15 is 0 Å². The van der Waals surface area contributed by atoms with Gasteiger partial charge in [-0.2, -0.15) is 5.10 Å². The molecule has 0 N–H and O–H groups in total. The third-order valence-electron chi connectivity index (χ3n) is 1.88. The van der Waals surface area contributed by atoms with Gasteiger partial charge < -0.3 is 0 Å². The van der Waals surface area contributed by atoms with Crippen molar-refractivity contribution in [1.82, 2.24) is 9.78 Å². The van der Waals surface area contributed by atoms with Crippen LogP contribution in [0.3, 0.4) is 0 Å². The van der Waals surface area contributed by atoms with E-state index in [1.807, 2.05) is 0 Å². The van der Waals surface area contributed by atoms with Gasteiger partial charge in [-0.15, -0.1) is 0 Å². The maximum absolute atomic E-state index is 10.6. The average molecular weight is 212 g/mol. The molecule has 14 heavy (non-hydrogen) atoms. The first-order valence-corrected chi connectivity index (χ1v) is 4.23. The van der Waals surface area contributed by atoms with Crippen molar-refractivity contribution in [3.8, 4) is 0 Å². The second-order valence-corrected chi connectivity index (χ2v) is 3.33. The van der Waals surface area contributed by atoms with Crippen LogP contribution in [0.2, 0.25) is 5.02 Å². The lowest BCUT2D eigenvalue weighted by Gasteiger charge is -1.93. The van der Waals surface area contributed by atoms with Gasteiger partial charge in [0.25, 0.3) is 5.69 Å². The Bertz CT molecular complexity index is 521. The van der Waals surface area contributed by atoms with E-state index in [1.165, 1.54) is 12.1 Å². The topological polar surface area (TPSA) is 61.0 Å². The van der Waals surface area contributed by atoms with Gasteiger partial charge in [-0.1, -0.05) is 11.6 Å². The smallest absolute Gasteiger partial charge is 0.275 e. The molecule has 0 aliphatic rings. The van der Waals surface area contributed by atoms with Crippen molar-refractivity contribution in [3.63, 3.8) is 0 Å². The molecule has 0 atom stereocenters. The van der Waals surface area contributed by atoms with Crippen molar-refractivity contribution in [3.05, 3.63) is 33.5 Å². The Kier molecular flexibility index (Phi) is 1.89. The van der Waals surface area contributed by atoms with Crippen molar-refractivity contribution in [1.29, 1.82) is 0 Å². The summed E-state index contributed by atoms with van der Waals surface area (Å²) < 4.78 is 1.59. The normalized spacial score (nSPS) is 10.7. The molecule has 5 nitrogen and oxygen atoms in total. The van der Waals surface area contributed by atoms with Crippen molar-refractivity contribution < 1.29 is 4.92 Å². The van der Waals surface area contributed by atoms with E-state index in [0.717, 1.165) is 0 Å². The summed E-state index contributed by atoms with van der Waals surface area (Å²) in [6.45, 7) is 0. The molecule has 0 aliphatic carbocycles. The van der Waals surface area contributed by atoms with Crippen LogP contribution < -0.4 is 0 Å². The molecule has 2 rings (SSSR count). The van der Waals surface area contributed by atoms with Gasteiger partial charge in [0.2, 0.25) is 0 Å². The summed E-state index contributed by atoms with van der Waals surface area (Å²) in [5.41, 5.74) is 0.565. The second-order valence-electron chi connectivity index (χ2n) is 2.92. The Hall–Kier alpha value is -1.62. The monoisotopic (exact) mass is 211 g/mol. The van der Waals surface area contributed by atoms with Crippen LogP contribution >= 0.6 is 11.6 Å². The van der Waals surface area contributed by atoms with Gasteiger partial charge in [0.15, 0.2) is 0 Å². The lowest BCUT2D eigenvalue weighted by molar-refractivity contribution is -0.384. The van der Waals surface area contributed by atoms with Gasteiger partial charge in [0.1, 0.15) is 5.02 Å². The summed E-state index contributed by atoms with van der Waals surface area (Å²) in [4.78, 5) is 10.1. The predicted octanol–water partition coefficient (Wildman–Crippen LogP) is 2.13. The zero-order valence-electron chi connectivity index (χ0n) is 7.27. The zero-order chi connectivity index (χ0) is 10.3. The number of hydrogen-bond acceptors (Lipinski definition) is 3. The molecule has 0 aliphatic heterocycles. The Balaban J connectivity index is 2.76.